The normalized spacial score (nSPS) is 13.8. The summed E-state index contributed by atoms with van der Waals surface area (Å²) >= 11 is 0. The van der Waals surface area contributed by atoms with Crippen LogP contribution >= 0.6 is 0 Å². The number of carbonyl (C=O) groups is 2. The van der Waals surface area contributed by atoms with E-state index in [1.165, 1.54) is 4.90 Å². The van der Waals surface area contributed by atoms with Gasteiger partial charge in [0, 0.05) is 44.1 Å². The van der Waals surface area contributed by atoms with E-state index in [4.69, 9.17) is 4.98 Å². The minimum atomic E-state index is -0.138. The van der Waals surface area contributed by atoms with Crippen molar-refractivity contribution < 1.29 is 9.59 Å². The molecule has 126 valence electrons. The smallest absolute Gasteiger partial charge is 0.252 e. The highest BCUT2D eigenvalue weighted by Crippen LogP contribution is 2.40. The van der Waals surface area contributed by atoms with Crippen molar-refractivity contribution in [2.45, 2.75) is 32.1 Å². The number of amides is 2. The predicted octanol–water partition coefficient (Wildman–Crippen LogP) is 2.63. The number of pyridine rings is 1. The molecule has 2 aromatic rings. The van der Waals surface area contributed by atoms with Gasteiger partial charge in [0.1, 0.15) is 0 Å². The number of carbonyl (C=O) groups excluding carboxylic acids is 2. The van der Waals surface area contributed by atoms with Gasteiger partial charge in [0.15, 0.2) is 0 Å². The van der Waals surface area contributed by atoms with Gasteiger partial charge in [-0.1, -0.05) is 11.6 Å². The molecule has 0 aliphatic heterocycles. The first-order valence-electron chi connectivity index (χ1n) is 8.35. The fourth-order valence-corrected chi connectivity index (χ4v) is 2.74. The van der Waals surface area contributed by atoms with E-state index in [0.717, 1.165) is 35.0 Å². The van der Waals surface area contributed by atoms with Crippen LogP contribution in [0.5, 0.6) is 0 Å². The van der Waals surface area contributed by atoms with Gasteiger partial charge in [-0.2, -0.15) is 0 Å². The molecule has 0 saturated heterocycles. The van der Waals surface area contributed by atoms with Crippen LogP contribution in [0.3, 0.4) is 0 Å². The van der Waals surface area contributed by atoms with E-state index >= 15 is 0 Å². The van der Waals surface area contributed by atoms with E-state index in [0.29, 0.717) is 24.4 Å². The summed E-state index contributed by atoms with van der Waals surface area (Å²) in [7, 11) is 3.43. The van der Waals surface area contributed by atoms with E-state index in [2.05, 4.69) is 5.32 Å². The molecular weight excluding hydrogens is 302 g/mol. The molecule has 2 amide bonds. The van der Waals surface area contributed by atoms with E-state index in [9.17, 15) is 9.59 Å². The number of hydrogen-bond acceptors (Lipinski definition) is 3. The Morgan fingerprint density at radius 2 is 2.00 bits per heavy atom. The first kappa shape index (κ1) is 16.4. The third-order valence-corrected chi connectivity index (χ3v) is 4.35. The van der Waals surface area contributed by atoms with Gasteiger partial charge >= 0.3 is 0 Å². The Bertz CT molecular complexity index is 795. The summed E-state index contributed by atoms with van der Waals surface area (Å²) < 4.78 is 0. The minimum absolute atomic E-state index is 0.00407. The molecule has 1 aliphatic rings. The molecule has 0 spiro atoms. The lowest BCUT2D eigenvalue weighted by molar-refractivity contribution is -0.128. The van der Waals surface area contributed by atoms with Crippen molar-refractivity contribution >= 4 is 22.7 Å². The van der Waals surface area contributed by atoms with Crippen molar-refractivity contribution in [3.05, 3.63) is 41.1 Å². The van der Waals surface area contributed by atoms with Gasteiger partial charge in [-0.3, -0.25) is 14.6 Å². The summed E-state index contributed by atoms with van der Waals surface area (Å²) in [6.07, 6.45) is 2.59. The number of fused-ring (bicyclic) bond motifs is 1. The van der Waals surface area contributed by atoms with Gasteiger partial charge in [-0.05, 0) is 38.0 Å². The molecule has 0 unspecified atom stereocenters. The van der Waals surface area contributed by atoms with Crippen LogP contribution in [0.25, 0.3) is 10.9 Å². The quantitative estimate of drug-likeness (QED) is 0.919. The monoisotopic (exact) mass is 325 g/mol. The van der Waals surface area contributed by atoms with Crippen LogP contribution in [-0.2, 0) is 4.79 Å². The van der Waals surface area contributed by atoms with Crippen molar-refractivity contribution in [3.8, 4) is 0 Å². The zero-order valence-electron chi connectivity index (χ0n) is 14.4. The summed E-state index contributed by atoms with van der Waals surface area (Å²) in [5.74, 6) is 0.350. The third kappa shape index (κ3) is 3.55. The van der Waals surface area contributed by atoms with Gasteiger partial charge in [-0.15, -0.1) is 0 Å². The van der Waals surface area contributed by atoms with Gasteiger partial charge in [-0.25, -0.2) is 0 Å². The lowest BCUT2D eigenvalue weighted by Gasteiger charge is -2.12. The van der Waals surface area contributed by atoms with Crippen molar-refractivity contribution in [2.24, 2.45) is 0 Å². The summed E-state index contributed by atoms with van der Waals surface area (Å²) in [5, 5.41) is 3.74. The Kier molecular flexibility index (Phi) is 4.51. The highest BCUT2D eigenvalue weighted by Gasteiger charge is 2.27. The van der Waals surface area contributed by atoms with E-state index in [1.54, 1.807) is 14.1 Å². The van der Waals surface area contributed by atoms with Crippen LogP contribution in [0.4, 0.5) is 0 Å². The van der Waals surface area contributed by atoms with Gasteiger partial charge in [0.05, 0.1) is 11.1 Å². The molecule has 0 radical (unpaired) electrons. The maximum atomic E-state index is 12.7. The third-order valence-electron chi connectivity index (χ3n) is 4.35. The van der Waals surface area contributed by atoms with Crippen molar-refractivity contribution in [2.75, 3.05) is 20.6 Å². The average molecular weight is 325 g/mol. The largest absolute Gasteiger partial charge is 0.351 e. The number of aryl methyl sites for hydroxylation is 1. The molecule has 1 aromatic heterocycles. The molecule has 0 atom stereocenters. The second-order valence-corrected chi connectivity index (χ2v) is 6.68. The zero-order valence-corrected chi connectivity index (χ0v) is 14.4. The van der Waals surface area contributed by atoms with Crippen molar-refractivity contribution in [1.29, 1.82) is 0 Å². The Hall–Kier alpha value is -2.43. The van der Waals surface area contributed by atoms with Crippen LogP contribution in [0.1, 0.15) is 46.8 Å². The fraction of sp³-hybridized carbons (Fsp3) is 0.421. The van der Waals surface area contributed by atoms with Crippen LogP contribution in [0.15, 0.2) is 24.3 Å². The maximum absolute atomic E-state index is 12.7. The Balaban J connectivity index is 1.85. The first-order valence-corrected chi connectivity index (χ1v) is 8.35. The molecule has 5 nitrogen and oxygen atoms in total. The number of nitrogens with zero attached hydrogens (tertiary/aromatic N) is 2. The molecule has 1 saturated carbocycles. The lowest BCUT2D eigenvalue weighted by Crippen LogP contribution is -2.30. The molecule has 3 rings (SSSR count). The molecule has 5 heteroatoms. The number of hydrogen-bond donors (Lipinski definition) is 1. The van der Waals surface area contributed by atoms with Gasteiger partial charge in [0.25, 0.3) is 5.91 Å². The molecule has 1 fully saturated rings. The van der Waals surface area contributed by atoms with Crippen LogP contribution in [0, 0.1) is 6.92 Å². The maximum Gasteiger partial charge on any atom is 0.252 e. The fourth-order valence-electron chi connectivity index (χ4n) is 2.74. The number of nitrogens with one attached hydrogen (secondary N) is 1. The molecule has 1 heterocycles. The SMILES string of the molecule is Cc1ccc2nc(C3CC3)cc(C(=O)NCCC(=O)N(C)C)c2c1. The van der Waals surface area contributed by atoms with E-state index in [1.807, 2.05) is 31.2 Å². The van der Waals surface area contributed by atoms with Crippen LogP contribution in [-0.4, -0.2) is 42.3 Å². The summed E-state index contributed by atoms with van der Waals surface area (Å²) in [5.41, 5.74) is 3.61. The van der Waals surface area contributed by atoms with E-state index in [-0.39, 0.29) is 11.8 Å². The van der Waals surface area contributed by atoms with Crippen LogP contribution in [0.2, 0.25) is 0 Å². The summed E-state index contributed by atoms with van der Waals surface area (Å²) in [4.78, 5) is 30.5. The van der Waals surface area contributed by atoms with Gasteiger partial charge < -0.3 is 10.2 Å². The molecule has 1 N–H and O–H groups in total. The number of aromatic nitrogens is 1. The minimum Gasteiger partial charge on any atom is -0.351 e. The lowest BCUT2D eigenvalue weighted by atomic mass is 10.0. The predicted molar refractivity (Wildman–Crippen MR) is 94.1 cm³/mol. The molecular formula is C19H23N3O2. The van der Waals surface area contributed by atoms with Crippen molar-refractivity contribution in [1.82, 2.24) is 15.2 Å². The topological polar surface area (TPSA) is 62.3 Å². The highest BCUT2D eigenvalue weighted by atomic mass is 16.2. The van der Waals surface area contributed by atoms with Crippen LogP contribution < -0.4 is 5.32 Å². The summed E-state index contributed by atoms with van der Waals surface area (Å²) in [6, 6.07) is 7.91. The standard InChI is InChI=1S/C19H23N3O2/c1-12-4-7-16-14(10-12)15(11-17(21-16)13-5-6-13)19(24)20-9-8-18(23)22(2)3/h4,7,10-11,13H,5-6,8-9H2,1-3H3,(H,20,24). The Morgan fingerprint density at radius 1 is 1.25 bits per heavy atom. The second kappa shape index (κ2) is 6.59. The number of benzene rings is 1. The molecule has 24 heavy (non-hydrogen) atoms. The second-order valence-electron chi connectivity index (χ2n) is 6.68. The van der Waals surface area contributed by atoms with E-state index < -0.39 is 0 Å². The first-order chi connectivity index (χ1) is 11.5. The van der Waals surface area contributed by atoms with Crippen molar-refractivity contribution in [3.63, 3.8) is 0 Å². The summed E-state index contributed by atoms with van der Waals surface area (Å²) in [6.45, 7) is 2.34. The molecule has 0 bridgehead atoms. The van der Waals surface area contributed by atoms with Gasteiger partial charge in [0.2, 0.25) is 5.91 Å². The number of rotatable bonds is 5. The Labute approximate surface area is 142 Å². The zero-order chi connectivity index (χ0) is 17.3. The Morgan fingerprint density at radius 3 is 2.67 bits per heavy atom. The molecule has 1 aromatic carbocycles. The molecule has 1 aliphatic carbocycles. The average Bonchev–Trinajstić information content (AvgIpc) is 3.38. The highest BCUT2D eigenvalue weighted by molar-refractivity contribution is 6.06.